The second kappa shape index (κ2) is 5.44. The normalized spacial score (nSPS) is 11.1. The Morgan fingerprint density at radius 1 is 1.40 bits per heavy atom. The first-order valence-corrected chi connectivity index (χ1v) is 6.21. The third-order valence-corrected chi connectivity index (χ3v) is 4.24. The van der Waals surface area contributed by atoms with Gasteiger partial charge in [-0.2, -0.15) is 5.26 Å². The number of thioether (sulfide) groups is 1. The maximum absolute atomic E-state index is 9.20. The molecule has 0 bridgehead atoms. The molecule has 0 aliphatic carbocycles. The summed E-state index contributed by atoms with van der Waals surface area (Å²) >= 11 is 7.51. The minimum absolute atomic E-state index is 0.315. The van der Waals surface area contributed by atoms with Gasteiger partial charge in [-0.05, 0) is 31.0 Å². The molecule has 0 atom stereocenters. The van der Waals surface area contributed by atoms with Crippen LogP contribution in [0.3, 0.4) is 0 Å². The van der Waals surface area contributed by atoms with Crippen molar-refractivity contribution in [3.8, 4) is 6.07 Å². The van der Waals surface area contributed by atoms with Gasteiger partial charge in [0.25, 0.3) is 0 Å². The molecule has 0 aliphatic heterocycles. The molecule has 0 N–H and O–H groups in total. The van der Waals surface area contributed by atoms with Crippen LogP contribution in [0.4, 0.5) is 0 Å². The second-order valence-corrected chi connectivity index (χ2v) is 5.27. The van der Waals surface area contributed by atoms with E-state index in [4.69, 9.17) is 11.6 Å². The van der Waals surface area contributed by atoms with E-state index in [0.29, 0.717) is 0 Å². The van der Waals surface area contributed by atoms with Crippen LogP contribution in [0.15, 0.2) is 29.2 Å². The van der Waals surface area contributed by atoms with Gasteiger partial charge in [-0.15, -0.1) is 11.8 Å². The summed E-state index contributed by atoms with van der Waals surface area (Å²) in [4.78, 5) is 1.06. The van der Waals surface area contributed by atoms with E-state index in [2.05, 4.69) is 6.07 Å². The number of benzene rings is 1. The van der Waals surface area contributed by atoms with E-state index in [1.54, 1.807) is 11.8 Å². The van der Waals surface area contributed by atoms with E-state index >= 15 is 0 Å². The summed E-state index contributed by atoms with van der Waals surface area (Å²) in [7, 11) is 0. The van der Waals surface area contributed by atoms with Crippen molar-refractivity contribution < 1.29 is 0 Å². The van der Waals surface area contributed by atoms with Gasteiger partial charge in [-0.25, -0.2) is 0 Å². The lowest BCUT2D eigenvalue weighted by atomic mass is 10.1. The quantitative estimate of drug-likeness (QED) is 0.722. The average Bonchev–Trinajstić information content (AvgIpc) is 2.26. The topological polar surface area (TPSA) is 23.8 Å². The minimum atomic E-state index is -0.315. The summed E-state index contributed by atoms with van der Waals surface area (Å²) in [5.74, 6) is 0. The molecule has 0 radical (unpaired) electrons. The Morgan fingerprint density at radius 2 is 2.07 bits per heavy atom. The highest BCUT2D eigenvalue weighted by Crippen LogP contribution is 2.38. The number of nitrogens with zero attached hydrogens (tertiary/aromatic N) is 1. The molecule has 1 nitrogen and oxygen atoms in total. The van der Waals surface area contributed by atoms with Crippen molar-refractivity contribution in [2.24, 2.45) is 0 Å². The first-order valence-electron chi connectivity index (χ1n) is 5.01. The fraction of sp³-hybridized carbons (Fsp3) is 0.417. The van der Waals surface area contributed by atoms with E-state index in [1.807, 2.05) is 38.1 Å². The molecule has 1 aromatic rings. The molecule has 15 heavy (non-hydrogen) atoms. The minimum Gasteiger partial charge on any atom is -0.197 e. The zero-order valence-corrected chi connectivity index (χ0v) is 10.5. The van der Waals surface area contributed by atoms with Crippen LogP contribution in [0, 0.1) is 11.3 Å². The summed E-state index contributed by atoms with van der Waals surface area (Å²) in [6.07, 6.45) is 1.69. The standard InChI is InChI=1S/C12H14ClNS/c1-3-12(4-2,9-14)15-11-7-5-6-10(13)8-11/h5-8H,3-4H2,1-2H3. The third-order valence-electron chi connectivity index (χ3n) is 2.46. The number of hydrogen-bond acceptors (Lipinski definition) is 2. The van der Waals surface area contributed by atoms with Crippen LogP contribution in [-0.4, -0.2) is 4.75 Å². The maximum atomic E-state index is 9.20. The zero-order valence-electron chi connectivity index (χ0n) is 8.96. The highest BCUT2D eigenvalue weighted by Gasteiger charge is 2.27. The van der Waals surface area contributed by atoms with Gasteiger partial charge in [-0.3, -0.25) is 0 Å². The van der Waals surface area contributed by atoms with Gasteiger partial charge in [0.15, 0.2) is 0 Å². The van der Waals surface area contributed by atoms with Crippen LogP contribution < -0.4 is 0 Å². The van der Waals surface area contributed by atoms with Gasteiger partial charge < -0.3 is 0 Å². The van der Waals surface area contributed by atoms with E-state index in [-0.39, 0.29) is 4.75 Å². The molecule has 80 valence electrons. The van der Waals surface area contributed by atoms with Gasteiger partial charge in [0.1, 0.15) is 4.75 Å². The molecule has 1 aromatic carbocycles. The first-order chi connectivity index (χ1) is 7.15. The lowest BCUT2D eigenvalue weighted by molar-refractivity contribution is 0.672. The monoisotopic (exact) mass is 239 g/mol. The highest BCUT2D eigenvalue weighted by atomic mass is 35.5. The van der Waals surface area contributed by atoms with Crippen LogP contribution in [0.1, 0.15) is 26.7 Å². The van der Waals surface area contributed by atoms with E-state index in [1.165, 1.54) is 0 Å². The zero-order chi connectivity index (χ0) is 11.3. The average molecular weight is 240 g/mol. The van der Waals surface area contributed by atoms with Gasteiger partial charge in [0, 0.05) is 9.92 Å². The number of nitriles is 1. The Morgan fingerprint density at radius 3 is 2.53 bits per heavy atom. The van der Waals surface area contributed by atoms with Crippen molar-refractivity contribution in [1.29, 1.82) is 5.26 Å². The van der Waals surface area contributed by atoms with Crippen LogP contribution in [0.2, 0.25) is 5.02 Å². The number of halogens is 1. The largest absolute Gasteiger partial charge is 0.197 e. The van der Waals surface area contributed by atoms with Crippen molar-refractivity contribution in [1.82, 2.24) is 0 Å². The molecule has 3 heteroatoms. The Hall–Kier alpha value is -0.650. The lowest BCUT2D eigenvalue weighted by Crippen LogP contribution is -2.19. The molecule has 0 aliphatic rings. The smallest absolute Gasteiger partial charge is 0.106 e. The first kappa shape index (κ1) is 12.4. The second-order valence-electron chi connectivity index (χ2n) is 3.37. The molecule has 0 heterocycles. The number of rotatable bonds is 4. The number of hydrogen-bond donors (Lipinski definition) is 0. The third kappa shape index (κ3) is 3.15. The Balaban J connectivity index is 2.89. The van der Waals surface area contributed by atoms with E-state index < -0.39 is 0 Å². The van der Waals surface area contributed by atoms with Crippen LogP contribution in [0.25, 0.3) is 0 Å². The molecule has 0 amide bonds. The van der Waals surface area contributed by atoms with Crippen molar-refractivity contribution in [3.05, 3.63) is 29.3 Å². The molecule has 0 saturated heterocycles. The summed E-state index contributed by atoms with van der Waals surface area (Å²) in [6, 6.07) is 10.1. The maximum Gasteiger partial charge on any atom is 0.106 e. The lowest BCUT2D eigenvalue weighted by Gasteiger charge is -2.22. The summed E-state index contributed by atoms with van der Waals surface area (Å²) in [5.41, 5.74) is 0. The van der Waals surface area contributed by atoms with Gasteiger partial charge >= 0.3 is 0 Å². The molecule has 0 unspecified atom stereocenters. The van der Waals surface area contributed by atoms with Crippen LogP contribution in [-0.2, 0) is 0 Å². The molecule has 0 fully saturated rings. The molecule has 0 spiro atoms. The SMILES string of the molecule is CCC(C#N)(CC)Sc1cccc(Cl)c1. The van der Waals surface area contributed by atoms with Crippen molar-refractivity contribution in [3.63, 3.8) is 0 Å². The summed E-state index contributed by atoms with van der Waals surface area (Å²) in [5, 5.41) is 9.92. The molecule has 0 aromatic heterocycles. The van der Waals surface area contributed by atoms with Crippen LogP contribution in [0.5, 0.6) is 0 Å². The van der Waals surface area contributed by atoms with E-state index in [9.17, 15) is 5.26 Å². The predicted molar refractivity (Wildman–Crippen MR) is 66.2 cm³/mol. The molecule has 1 rings (SSSR count). The van der Waals surface area contributed by atoms with Crippen LogP contribution >= 0.6 is 23.4 Å². The van der Waals surface area contributed by atoms with E-state index in [0.717, 1.165) is 22.8 Å². The Bertz CT molecular complexity index is 366. The Labute approximate surface area is 100 Å². The summed E-state index contributed by atoms with van der Waals surface area (Å²) in [6.45, 7) is 4.09. The Kier molecular flexibility index (Phi) is 4.50. The van der Waals surface area contributed by atoms with Crippen molar-refractivity contribution in [2.45, 2.75) is 36.3 Å². The molecular formula is C12H14ClNS. The predicted octanol–water partition coefficient (Wildman–Crippen LogP) is 4.51. The van der Waals surface area contributed by atoms with Crippen molar-refractivity contribution >= 4 is 23.4 Å². The molecular weight excluding hydrogens is 226 g/mol. The van der Waals surface area contributed by atoms with Crippen molar-refractivity contribution in [2.75, 3.05) is 0 Å². The fourth-order valence-electron chi connectivity index (χ4n) is 1.33. The highest BCUT2D eigenvalue weighted by molar-refractivity contribution is 8.01. The fourth-order valence-corrected chi connectivity index (χ4v) is 2.70. The van der Waals surface area contributed by atoms with Gasteiger partial charge in [0.2, 0.25) is 0 Å². The van der Waals surface area contributed by atoms with Gasteiger partial charge in [0.05, 0.1) is 6.07 Å². The van der Waals surface area contributed by atoms with Gasteiger partial charge in [-0.1, -0.05) is 31.5 Å². The molecule has 0 saturated carbocycles. The summed E-state index contributed by atoms with van der Waals surface area (Å²) < 4.78 is -0.315.